The maximum Gasteiger partial charge on any atom is 0.355 e. The molecular weight excluding hydrogens is 482 g/mol. The maximum absolute atomic E-state index is 13.2. The molecule has 0 saturated heterocycles. The molecule has 0 radical (unpaired) electrons. The minimum Gasteiger partial charge on any atom is -0.431 e. The number of allylic oxidation sites excluding steroid dienone is 1. The monoisotopic (exact) mass is 503 g/mol. The summed E-state index contributed by atoms with van der Waals surface area (Å²) in [7, 11) is 0. The normalized spacial score (nSPS) is 16.2. The van der Waals surface area contributed by atoms with E-state index in [1.54, 1.807) is 36.5 Å². The molecule has 1 aliphatic rings. The van der Waals surface area contributed by atoms with Gasteiger partial charge in [0.1, 0.15) is 5.76 Å². The first kappa shape index (κ1) is 23.9. The molecule has 12 heteroatoms. The molecule has 1 unspecified atom stereocenters. The van der Waals surface area contributed by atoms with E-state index in [-0.39, 0.29) is 25.1 Å². The Morgan fingerprint density at radius 1 is 1.26 bits per heavy atom. The summed E-state index contributed by atoms with van der Waals surface area (Å²) in [5.74, 6) is 0.736. The quantitative estimate of drug-likeness (QED) is 0.401. The van der Waals surface area contributed by atoms with E-state index in [2.05, 4.69) is 15.3 Å². The first-order chi connectivity index (χ1) is 16.4. The second-order valence-electron chi connectivity index (χ2n) is 7.51. The number of thiazole rings is 1. The van der Waals surface area contributed by atoms with Crippen LogP contribution in [0.15, 0.2) is 69.4 Å². The molecule has 0 fully saturated rings. The van der Waals surface area contributed by atoms with Gasteiger partial charge in [0.15, 0.2) is 0 Å². The van der Waals surface area contributed by atoms with Gasteiger partial charge in [-0.25, -0.2) is 19.1 Å². The molecule has 2 aromatic heterocycles. The van der Waals surface area contributed by atoms with Gasteiger partial charge in [0.2, 0.25) is 5.95 Å². The van der Waals surface area contributed by atoms with Crippen molar-refractivity contribution < 1.29 is 14.9 Å². The highest BCUT2D eigenvalue weighted by Gasteiger charge is 2.19. The number of anilines is 1. The molecule has 1 aromatic carbocycles. The summed E-state index contributed by atoms with van der Waals surface area (Å²) in [6.07, 6.45) is 6.42. The summed E-state index contributed by atoms with van der Waals surface area (Å²) < 4.78 is 7.80. The van der Waals surface area contributed by atoms with E-state index in [0.717, 1.165) is 10.1 Å². The number of benzene rings is 1. The van der Waals surface area contributed by atoms with Gasteiger partial charge in [-0.15, -0.1) is 0 Å². The van der Waals surface area contributed by atoms with Crippen LogP contribution in [0.25, 0.3) is 0 Å². The Bertz CT molecular complexity index is 1300. The average Bonchev–Trinajstić information content (AvgIpc) is 3.34. The number of hydrogen-bond donors (Lipinski definition) is 3. The number of ether oxygens (including phenoxy) is 1. The second-order valence-corrected chi connectivity index (χ2v) is 8.81. The molecule has 3 N–H and O–H groups in total. The fourth-order valence-corrected chi connectivity index (χ4v) is 3.92. The molecule has 1 aliphatic carbocycles. The maximum atomic E-state index is 13.2. The molecule has 0 spiro atoms. The van der Waals surface area contributed by atoms with Crippen LogP contribution in [-0.2, 0) is 13.1 Å². The van der Waals surface area contributed by atoms with Crippen molar-refractivity contribution in [3.8, 4) is 5.19 Å². The smallest absolute Gasteiger partial charge is 0.355 e. The minimum atomic E-state index is -1.27. The summed E-state index contributed by atoms with van der Waals surface area (Å²) in [5.41, 5.74) is -0.717. The van der Waals surface area contributed by atoms with Gasteiger partial charge in [-0.1, -0.05) is 41.1 Å². The highest BCUT2D eigenvalue weighted by molar-refractivity contribution is 7.11. The lowest BCUT2D eigenvalue weighted by atomic mass is 10.1. The van der Waals surface area contributed by atoms with Crippen molar-refractivity contribution in [2.24, 2.45) is 0 Å². The number of halogens is 1. The van der Waals surface area contributed by atoms with Gasteiger partial charge in [0.25, 0.3) is 5.19 Å². The van der Waals surface area contributed by atoms with Crippen molar-refractivity contribution in [1.29, 1.82) is 0 Å². The van der Waals surface area contributed by atoms with Crippen molar-refractivity contribution >= 4 is 28.9 Å². The van der Waals surface area contributed by atoms with Gasteiger partial charge < -0.3 is 20.3 Å². The number of nitrogens with zero attached hydrogens (tertiary/aromatic N) is 4. The summed E-state index contributed by atoms with van der Waals surface area (Å²) in [5, 5.41) is 25.0. The van der Waals surface area contributed by atoms with E-state index in [1.165, 1.54) is 15.9 Å². The predicted molar refractivity (Wildman–Crippen MR) is 128 cm³/mol. The van der Waals surface area contributed by atoms with Crippen LogP contribution in [0.5, 0.6) is 5.19 Å². The molecule has 34 heavy (non-hydrogen) atoms. The summed E-state index contributed by atoms with van der Waals surface area (Å²) in [6.45, 7) is -0.842. The van der Waals surface area contributed by atoms with Crippen LogP contribution in [0.3, 0.4) is 0 Å². The molecule has 2 heterocycles. The molecule has 0 aliphatic heterocycles. The van der Waals surface area contributed by atoms with Gasteiger partial charge in [-0.2, -0.15) is 4.98 Å². The number of rotatable bonds is 9. The van der Waals surface area contributed by atoms with Crippen LogP contribution in [0.2, 0.25) is 5.02 Å². The summed E-state index contributed by atoms with van der Waals surface area (Å²) >= 11 is 7.35. The summed E-state index contributed by atoms with van der Waals surface area (Å²) in [6, 6.07) is 6.69. The first-order valence-electron chi connectivity index (χ1n) is 10.4. The molecular formula is C22H22ClN5O5S. The van der Waals surface area contributed by atoms with Gasteiger partial charge in [-0.3, -0.25) is 4.57 Å². The van der Waals surface area contributed by atoms with Crippen molar-refractivity contribution in [1.82, 2.24) is 19.1 Å². The van der Waals surface area contributed by atoms with E-state index in [0.29, 0.717) is 22.4 Å². The average molecular weight is 504 g/mol. The Balaban J connectivity index is 1.60. The van der Waals surface area contributed by atoms with Crippen molar-refractivity contribution in [2.75, 3.05) is 11.9 Å². The predicted octanol–water partition coefficient (Wildman–Crippen LogP) is 1.62. The zero-order valence-electron chi connectivity index (χ0n) is 17.9. The number of aromatic nitrogens is 4. The molecule has 0 bridgehead atoms. The Hall–Kier alpha value is -3.25. The largest absolute Gasteiger partial charge is 0.431 e. The van der Waals surface area contributed by atoms with Crippen LogP contribution < -0.4 is 21.4 Å². The van der Waals surface area contributed by atoms with Gasteiger partial charge in [0, 0.05) is 16.6 Å². The van der Waals surface area contributed by atoms with Gasteiger partial charge in [0.05, 0.1) is 31.8 Å². The molecule has 4 rings (SSSR count). The lowest BCUT2D eigenvalue weighted by Gasteiger charge is -2.21. The number of aliphatic hydroxyl groups is 2. The number of nitrogens with one attached hydrogen (secondary N) is 1. The number of aliphatic hydroxyl groups excluding tert-OH is 2. The highest BCUT2D eigenvalue weighted by Crippen LogP contribution is 2.21. The standard InChI is InChI=1S/C22H22ClN5O5S/c23-15-3-1-14(2-4-15)11-27-19(26-20(31)28(22(27)32)12-17(30)13-29)25-16-5-7-18(8-6-16)33-21-24-9-10-34-21/h1-5,7-10,16-17,29-30H,6,11-13H2,(H,25,26,31)/t16?,17-/m1/s1. The molecule has 0 saturated carbocycles. The lowest BCUT2D eigenvalue weighted by Crippen LogP contribution is -2.46. The molecule has 10 nitrogen and oxygen atoms in total. The Morgan fingerprint density at radius 2 is 2.06 bits per heavy atom. The molecule has 178 valence electrons. The Labute approximate surface area is 203 Å². The fraction of sp³-hybridized carbons (Fsp3) is 0.273. The Kier molecular flexibility index (Phi) is 7.58. The first-order valence-corrected chi connectivity index (χ1v) is 11.7. The van der Waals surface area contributed by atoms with E-state index >= 15 is 0 Å². The van der Waals surface area contributed by atoms with Crippen LogP contribution in [0.4, 0.5) is 5.95 Å². The number of hydrogen-bond acceptors (Lipinski definition) is 9. The Morgan fingerprint density at radius 3 is 2.71 bits per heavy atom. The second kappa shape index (κ2) is 10.8. The molecule has 3 aromatic rings. The third-order valence-corrected chi connectivity index (χ3v) is 5.90. The van der Waals surface area contributed by atoms with Crippen LogP contribution in [-0.4, -0.2) is 48.1 Å². The summed E-state index contributed by atoms with van der Waals surface area (Å²) in [4.78, 5) is 33.9. The highest BCUT2D eigenvalue weighted by atomic mass is 35.5. The van der Waals surface area contributed by atoms with Gasteiger partial charge in [-0.05, 0) is 36.3 Å². The minimum absolute atomic E-state index is 0.0898. The van der Waals surface area contributed by atoms with Crippen LogP contribution in [0.1, 0.15) is 12.0 Å². The van der Waals surface area contributed by atoms with Crippen molar-refractivity contribution in [3.63, 3.8) is 0 Å². The van der Waals surface area contributed by atoms with E-state index in [9.17, 15) is 14.7 Å². The van der Waals surface area contributed by atoms with E-state index in [1.807, 2.05) is 17.5 Å². The molecule has 0 amide bonds. The van der Waals surface area contributed by atoms with Crippen LogP contribution >= 0.6 is 22.9 Å². The molecule has 2 atom stereocenters. The third kappa shape index (κ3) is 5.81. The van der Waals surface area contributed by atoms with Crippen LogP contribution in [0, 0.1) is 0 Å². The van der Waals surface area contributed by atoms with E-state index in [4.69, 9.17) is 21.4 Å². The van der Waals surface area contributed by atoms with Crippen molar-refractivity contribution in [3.05, 3.63) is 91.4 Å². The van der Waals surface area contributed by atoms with Crippen molar-refractivity contribution in [2.45, 2.75) is 31.7 Å². The van der Waals surface area contributed by atoms with E-state index < -0.39 is 24.1 Å². The lowest BCUT2D eigenvalue weighted by molar-refractivity contribution is 0.0785. The fourth-order valence-electron chi connectivity index (χ4n) is 3.29. The topological polar surface area (TPSA) is 132 Å². The van der Waals surface area contributed by atoms with Gasteiger partial charge >= 0.3 is 11.4 Å². The zero-order chi connectivity index (χ0) is 24.1. The third-order valence-electron chi connectivity index (χ3n) is 5.00. The zero-order valence-corrected chi connectivity index (χ0v) is 19.4. The SMILES string of the molecule is O=c1nc(NC2C=CC(Oc3nccs3)=CC2)n(Cc2ccc(Cl)cc2)c(=O)n1C[C@@H](O)CO.